The molecule has 0 saturated carbocycles. The Morgan fingerprint density at radius 3 is 2.10 bits per heavy atom. The van der Waals surface area contributed by atoms with Crippen LogP contribution in [0.15, 0.2) is 36.4 Å². The molecule has 1 aromatic rings. The Bertz CT molecular complexity index is 336. The summed E-state index contributed by atoms with van der Waals surface area (Å²) < 4.78 is 0.730. The van der Waals surface area contributed by atoms with E-state index >= 15 is 0 Å². The Morgan fingerprint density at radius 1 is 0.950 bits per heavy atom. The molecular formula is C18H28S2. The molecule has 0 nitrogen and oxygen atoms in total. The summed E-state index contributed by atoms with van der Waals surface area (Å²) in [6, 6.07) is 10.6. The molecule has 0 atom stereocenters. The van der Waals surface area contributed by atoms with Gasteiger partial charge in [0.1, 0.15) is 0 Å². The monoisotopic (exact) mass is 308 g/mol. The highest BCUT2D eigenvalue weighted by molar-refractivity contribution is 8.17. The minimum Gasteiger partial charge on any atom is -0.147 e. The Balaban J connectivity index is 2.35. The fourth-order valence-electron chi connectivity index (χ4n) is 1.78. The van der Waals surface area contributed by atoms with Gasteiger partial charge in [-0.1, -0.05) is 69.2 Å². The summed E-state index contributed by atoms with van der Waals surface area (Å²) in [5, 5.41) is 0. The van der Waals surface area contributed by atoms with Gasteiger partial charge in [0.25, 0.3) is 0 Å². The van der Waals surface area contributed by atoms with Crippen LogP contribution in [0.4, 0.5) is 0 Å². The maximum atomic E-state index is 2.35. The summed E-state index contributed by atoms with van der Waals surface area (Å²) in [6.45, 7) is 4.55. The summed E-state index contributed by atoms with van der Waals surface area (Å²) >= 11 is 4.29. The van der Waals surface area contributed by atoms with Gasteiger partial charge in [0, 0.05) is 0 Å². The quantitative estimate of drug-likeness (QED) is 0.339. The van der Waals surface area contributed by atoms with E-state index in [1.54, 1.807) is 0 Å². The molecule has 1 aromatic carbocycles. The highest BCUT2D eigenvalue weighted by Crippen LogP contribution is 2.29. The van der Waals surface area contributed by atoms with Crippen LogP contribution < -0.4 is 0 Å². The van der Waals surface area contributed by atoms with Crippen molar-refractivity contribution in [2.75, 3.05) is 11.5 Å². The van der Waals surface area contributed by atoms with Gasteiger partial charge < -0.3 is 0 Å². The van der Waals surface area contributed by atoms with Crippen molar-refractivity contribution in [2.24, 2.45) is 0 Å². The Morgan fingerprint density at radius 2 is 1.55 bits per heavy atom. The Kier molecular flexibility index (Phi) is 11.0. The number of hydrogen-bond acceptors (Lipinski definition) is 2. The number of allylic oxidation sites excluding steroid dienone is 1. The first kappa shape index (κ1) is 17.7. The molecule has 0 N–H and O–H groups in total. The standard InChI is InChI=1S/C18H28S2/c1-3-5-15-19-18(20-16-6-4-2)14-10-13-17-11-8-7-9-12-17/h7-13,18H,3-6,14-16H2,1-2H3/b13-10+. The average molecular weight is 309 g/mol. The van der Waals surface area contributed by atoms with Crippen molar-refractivity contribution in [1.82, 2.24) is 0 Å². The van der Waals surface area contributed by atoms with E-state index in [1.165, 1.54) is 49.2 Å². The van der Waals surface area contributed by atoms with Crippen molar-refractivity contribution in [2.45, 2.75) is 50.5 Å². The molecule has 0 aliphatic carbocycles. The van der Waals surface area contributed by atoms with Crippen LogP contribution in [0.1, 0.15) is 51.5 Å². The van der Waals surface area contributed by atoms with E-state index in [1.807, 2.05) is 0 Å². The van der Waals surface area contributed by atoms with Gasteiger partial charge >= 0.3 is 0 Å². The van der Waals surface area contributed by atoms with Gasteiger partial charge in [-0.25, -0.2) is 0 Å². The van der Waals surface area contributed by atoms with Crippen LogP contribution in [0.3, 0.4) is 0 Å². The van der Waals surface area contributed by atoms with Crippen LogP contribution in [0.25, 0.3) is 6.08 Å². The molecule has 0 radical (unpaired) electrons. The van der Waals surface area contributed by atoms with Crippen LogP contribution in [-0.4, -0.2) is 16.1 Å². The second-order valence-electron chi connectivity index (χ2n) is 4.93. The number of thioether (sulfide) groups is 2. The molecule has 0 fully saturated rings. The molecule has 1 rings (SSSR count). The summed E-state index contributed by atoms with van der Waals surface area (Å²) in [7, 11) is 0. The van der Waals surface area contributed by atoms with Crippen molar-refractivity contribution in [3.8, 4) is 0 Å². The lowest BCUT2D eigenvalue weighted by Crippen LogP contribution is -1.98. The van der Waals surface area contributed by atoms with Crippen molar-refractivity contribution >= 4 is 29.6 Å². The van der Waals surface area contributed by atoms with Crippen molar-refractivity contribution < 1.29 is 0 Å². The topological polar surface area (TPSA) is 0 Å². The zero-order valence-corrected chi connectivity index (χ0v) is 14.5. The van der Waals surface area contributed by atoms with Crippen molar-refractivity contribution in [3.63, 3.8) is 0 Å². The van der Waals surface area contributed by atoms with E-state index in [0.717, 1.165) is 4.58 Å². The molecule has 0 aromatic heterocycles. The molecule has 2 heteroatoms. The number of unbranched alkanes of at least 4 members (excludes halogenated alkanes) is 2. The van der Waals surface area contributed by atoms with Crippen LogP contribution in [0.5, 0.6) is 0 Å². The van der Waals surface area contributed by atoms with Crippen LogP contribution in [-0.2, 0) is 0 Å². The third-order valence-corrected chi connectivity index (χ3v) is 6.04. The predicted octanol–water partition coefficient (Wildman–Crippen LogP) is 6.48. The van der Waals surface area contributed by atoms with E-state index in [9.17, 15) is 0 Å². The summed E-state index contributed by atoms with van der Waals surface area (Å²) in [5.41, 5.74) is 1.31. The molecule has 20 heavy (non-hydrogen) atoms. The lowest BCUT2D eigenvalue weighted by molar-refractivity contribution is 0.891. The second-order valence-corrected chi connectivity index (χ2v) is 7.85. The predicted molar refractivity (Wildman–Crippen MR) is 98.6 cm³/mol. The third kappa shape index (κ3) is 8.76. The SMILES string of the molecule is CCCCSC(C/C=C/c1ccccc1)SCCCC. The average Bonchev–Trinajstić information content (AvgIpc) is 2.48. The molecule has 0 spiro atoms. The van der Waals surface area contributed by atoms with Gasteiger partial charge in [-0.15, -0.1) is 23.5 Å². The first-order chi connectivity index (χ1) is 9.86. The minimum absolute atomic E-state index is 0.730. The molecule has 0 aliphatic heterocycles. The maximum absolute atomic E-state index is 2.35. The maximum Gasteiger partial charge on any atom is 0.0536 e. The summed E-state index contributed by atoms with van der Waals surface area (Å²) in [5.74, 6) is 2.61. The van der Waals surface area contributed by atoms with Gasteiger partial charge in [0.05, 0.1) is 4.58 Å². The molecule has 112 valence electrons. The number of rotatable bonds is 11. The summed E-state index contributed by atoms with van der Waals surface area (Å²) in [4.78, 5) is 0. The van der Waals surface area contributed by atoms with Gasteiger partial charge in [0.15, 0.2) is 0 Å². The molecule has 0 bridgehead atoms. The Hall–Kier alpha value is -0.340. The highest BCUT2D eigenvalue weighted by Gasteiger charge is 2.07. The van der Waals surface area contributed by atoms with E-state index < -0.39 is 0 Å². The van der Waals surface area contributed by atoms with Gasteiger partial charge in [-0.2, -0.15) is 0 Å². The fourth-order valence-corrected chi connectivity index (χ4v) is 4.67. The molecule has 0 amide bonds. The highest BCUT2D eigenvalue weighted by atomic mass is 32.2. The van der Waals surface area contributed by atoms with Gasteiger partial charge in [0.2, 0.25) is 0 Å². The lowest BCUT2D eigenvalue weighted by Gasteiger charge is -2.14. The smallest absolute Gasteiger partial charge is 0.0536 e. The van der Waals surface area contributed by atoms with E-state index in [-0.39, 0.29) is 0 Å². The van der Waals surface area contributed by atoms with Gasteiger partial charge in [-0.05, 0) is 36.3 Å². The molecule has 0 saturated heterocycles. The lowest BCUT2D eigenvalue weighted by atomic mass is 10.2. The summed E-state index contributed by atoms with van der Waals surface area (Å²) in [6.07, 6.45) is 11.1. The van der Waals surface area contributed by atoms with Crippen LogP contribution in [0, 0.1) is 0 Å². The molecule has 0 unspecified atom stereocenters. The molecule has 0 aliphatic rings. The van der Waals surface area contributed by atoms with E-state index in [4.69, 9.17) is 0 Å². The van der Waals surface area contributed by atoms with Crippen molar-refractivity contribution in [1.29, 1.82) is 0 Å². The molecular weight excluding hydrogens is 280 g/mol. The van der Waals surface area contributed by atoms with Gasteiger partial charge in [-0.3, -0.25) is 0 Å². The normalized spacial score (nSPS) is 11.6. The zero-order chi connectivity index (χ0) is 14.5. The number of hydrogen-bond donors (Lipinski definition) is 0. The zero-order valence-electron chi connectivity index (χ0n) is 12.9. The number of benzene rings is 1. The fraction of sp³-hybridized carbons (Fsp3) is 0.556. The van der Waals surface area contributed by atoms with E-state index in [2.05, 4.69) is 79.9 Å². The minimum atomic E-state index is 0.730. The van der Waals surface area contributed by atoms with Crippen LogP contribution in [0.2, 0.25) is 0 Å². The Labute approximate surface area is 133 Å². The largest absolute Gasteiger partial charge is 0.147 e. The first-order valence-electron chi connectivity index (χ1n) is 7.81. The molecule has 0 heterocycles. The second kappa shape index (κ2) is 12.4. The van der Waals surface area contributed by atoms with E-state index in [0.29, 0.717) is 0 Å². The third-order valence-electron chi connectivity index (χ3n) is 3.04. The first-order valence-corrected chi connectivity index (χ1v) is 9.91. The van der Waals surface area contributed by atoms with Crippen LogP contribution >= 0.6 is 23.5 Å². The van der Waals surface area contributed by atoms with Crippen molar-refractivity contribution in [3.05, 3.63) is 42.0 Å².